The zero-order chi connectivity index (χ0) is 25.9. The fraction of sp³-hybridized carbons (Fsp3) is 0.259. The van der Waals surface area contributed by atoms with E-state index in [0.29, 0.717) is 34.8 Å². The number of aromatic nitrogens is 3. The molecule has 1 aliphatic rings. The van der Waals surface area contributed by atoms with Crippen molar-refractivity contribution in [1.82, 2.24) is 15.0 Å². The summed E-state index contributed by atoms with van der Waals surface area (Å²) in [5, 5.41) is 12.2. The maximum atomic E-state index is 7.96. The van der Waals surface area contributed by atoms with Crippen molar-refractivity contribution in [2.75, 3.05) is 38.1 Å². The van der Waals surface area contributed by atoms with Crippen LogP contribution in [0.1, 0.15) is 12.8 Å². The van der Waals surface area contributed by atoms with Gasteiger partial charge in [0.05, 0.1) is 32.9 Å². The molecule has 1 aliphatic heterocycles. The SMILES string of the molecule is COc1cc(-c2ccc(Nc3nc(N4CCC[C@H]4C(=N)N)nc4ccccc34)nc2)cc(OC)c1OC. The number of nitrogens with one attached hydrogen (secondary N) is 2. The number of fused-ring (bicyclic) bond motifs is 1. The first-order valence-electron chi connectivity index (χ1n) is 11.9. The Balaban J connectivity index is 1.47. The smallest absolute Gasteiger partial charge is 0.228 e. The topological polar surface area (TPSA) is 132 Å². The summed E-state index contributed by atoms with van der Waals surface area (Å²) < 4.78 is 16.4. The minimum Gasteiger partial charge on any atom is -0.493 e. The van der Waals surface area contributed by atoms with E-state index in [2.05, 4.69) is 10.3 Å². The van der Waals surface area contributed by atoms with Crippen LogP contribution in [-0.2, 0) is 0 Å². The molecule has 4 N–H and O–H groups in total. The first kappa shape index (κ1) is 24.1. The molecular formula is C27H29N7O3. The molecule has 1 atom stereocenters. The third-order valence-corrected chi connectivity index (χ3v) is 6.47. The number of ether oxygens (including phenoxy) is 3. The molecule has 190 valence electrons. The molecule has 0 spiro atoms. The van der Waals surface area contributed by atoms with E-state index in [0.717, 1.165) is 41.4 Å². The van der Waals surface area contributed by atoms with Crippen LogP contribution in [0.4, 0.5) is 17.6 Å². The predicted molar refractivity (Wildman–Crippen MR) is 144 cm³/mol. The molecular weight excluding hydrogens is 470 g/mol. The Labute approximate surface area is 214 Å². The van der Waals surface area contributed by atoms with Crippen molar-refractivity contribution in [3.8, 4) is 28.4 Å². The van der Waals surface area contributed by atoms with Crippen LogP contribution >= 0.6 is 0 Å². The van der Waals surface area contributed by atoms with Crippen LogP contribution in [0.3, 0.4) is 0 Å². The van der Waals surface area contributed by atoms with Crippen LogP contribution in [-0.4, -0.2) is 54.7 Å². The largest absolute Gasteiger partial charge is 0.493 e. The van der Waals surface area contributed by atoms with E-state index in [1.54, 1.807) is 27.5 Å². The van der Waals surface area contributed by atoms with Crippen molar-refractivity contribution in [1.29, 1.82) is 5.41 Å². The maximum absolute atomic E-state index is 7.96. The van der Waals surface area contributed by atoms with Gasteiger partial charge in [0.15, 0.2) is 11.5 Å². The second kappa shape index (κ2) is 10.2. The van der Waals surface area contributed by atoms with Crippen molar-refractivity contribution >= 4 is 34.3 Å². The van der Waals surface area contributed by atoms with Gasteiger partial charge in [0, 0.05) is 23.7 Å². The number of hydrogen-bond donors (Lipinski definition) is 3. The number of para-hydroxylation sites is 1. The number of amidine groups is 1. The molecule has 0 radical (unpaired) electrons. The lowest BCUT2D eigenvalue weighted by Crippen LogP contribution is -2.40. The molecule has 0 amide bonds. The number of methoxy groups -OCH3 is 3. The molecule has 37 heavy (non-hydrogen) atoms. The molecule has 3 heterocycles. The standard InChI is InChI=1S/C27H29N7O3/c1-35-21-13-17(14-22(36-2)24(21)37-3)16-10-11-23(30-15-16)32-26-18-7-4-5-8-19(18)31-27(33-26)34-12-6-9-20(34)25(28)29/h4-5,7-8,10-11,13-15,20H,6,9,12H2,1-3H3,(H3,28,29)(H,30,31,32,33)/t20-/m0/s1. The molecule has 0 aliphatic carbocycles. The van der Waals surface area contributed by atoms with E-state index in [9.17, 15) is 0 Å². The second-order valence-electron chi connectivity index (χ2n) is 8.67. The number of pyridine rings is 1. The van der Waals surface area contributed by atoms with E-state index in [-0.39, 0.29) is 11.9 Å². The minimum absolute atomic E-state index is 0.132. The summed E-state index contributed by atoms with van der Waals surface area (Å²) in [7, 11) is 4.76. The highest BCUT2D eigenvalue weighted by Crippen LogP contribution is 2.41. The number of benzene rings is 2. The Morgan fingerprint density at radius 2 is 1.76 bits per heavy atom. The molecule has 2 aromatic carbocycles. The maximum Gasteiger partial charge on any atom is 0.228 e. The number of rotatable bonds is 8. The van der Waals surface area contributed by atoms with Crippen LogP contribution < -0.4 is 30.2 Å². The van der Waals surface area contributed by atoms with E-state index in [1.807, 2.05) is 53.4 Å². The summed E-state index contributed by atoms with van der Waals surface area (Å²) in [6.07, 6.45) is 3.53. The number of hydrogen-bond acceptors (Lipinski definition) is 9. The average Bonchev–Trinajstić information content (AvgIpc) is 3.43. The van der Waals surface area contributed by atoms with Gasteiger partial charge in [-0.15, -0.1) is 0 Å². The highest BCUT2D eigenvalue weighted by molar-refractivity contribution is 5.92. The van der Waals surface area contributed by atoms with Crippen molar-refractivity contribution < 1.29 is 14.2 Å². The van der Waals surface area contributed by atoms with Crippen LogP contribution in [0.25, 0.3) is 22.0 Å². The highest BCUT2D eigenvalue weighted by atomic mass is 16.5. The van der Waals surface area contributed by atoms with Gasteiger partial charge in [-0.05, 0) is 54.8 Å². The molecule has 1 saturated heterocycles. The third-order valence-electron chi connectivity index (χ3n) is 6.47. The highest BCUT2D eigenvalue weighted by Gasteiger charge is 2.29. The summed E-state index contributed by atoms with van der Waals surface area (Å²) in [5.41, 5.74) is 8.43. The Bertz CT molecular complexity index is 1420. The molecule has 10 nitrogen and oxygen atoms in total. The van der Waals surface area contributed by atoms with E-state index in [1.165, 1.54) is 0 Å². The summed E-state index contributed by atoms with van der Waals surface area (Å²) in [6, 6.07) is 15.3. The monoisotopic (exact) mass is 499 g/mol. The van der Waals surface area contributed by atoms with Crippen LogP contribution in [0.2, 0.25) is 0 Å². The van der Waals surface area contributed by atoms with E-state index in [4.69, 9.17) is 35.3 Å². The Morgan fingerprint density at radius 3 is 2.41 bits per heavy atom. The second-order valence-corrected chi connectivity index (χ2v) is 8.67. The van der Waals surface area contributed by atoms with Gasteiger partial charge in [-0.3, -0.25) is 5.41 Å². The molecule has 10 heteroatoms. The van der Waals surface area contributed by atoms with E-state index >= 15 is 0 Å². The molecule has 0 bridgehead atoms. The van der Waals surface area contributed by atoms with Crippen LogP contribution in [0.5, 0.6) is 17.2 Å². The van der Waals surface area contributed by atoms with Crippen molar-refractivity contribution in [2.24, 2.45) is 5.73 Å². The predicted octanol–water partition coefficient (Wildman–Crippen LogP) is 4.37. The fourth-order valence-corrected chi connectivity index (χ4v) is 4.63. The van der Waals surface area contributed by atoms with Gasteiger partial charge in [-0.25, -0.2) is 9.97 Å². The van der Waals surface area contributed by atoms with Crippen molar-refractivity contribution in [2.45, 2.75) is 18.9 Å². The van der Waals surface area contributed by atoms with Gasteiger partial charge < -0.3 is 30.2 Å². The van der Waals surface area contributed by atoms with E-state index < -0.39 is 0 Å². The molecule has 0 unspecified atom stereocenters. The quantitative estimate of drug-likeness (QED) is 0.239. The summed E-state index contributed by atoms with van der Waals surface area (Å²) in [5.74, 6) is 3.64. The fourth-order valence-electron chi connectivity index (χ4n) is 4.63. The number of nitrogens with zero attached hydrogens (tertiary/aromatic N) is 4. The molecule has 2 aromatic heterocycles. The van der Waals surface area contributed by atoms with Gasteiger partial charge in [-0.1, -0.05) is 12.1 Å². The summed E-state index contributed by atoms with van der Waals surface area (Å²) >= 11 is 0. The van der Waals surface area contributed by atoms with Crippen LogP contribution in [0.15, 0.2) is 54.7 Å². The first-order chi connectivity index (χ1) is 18.0. The minimum atomic E-state index is -0.190. The van der Waals surface area contributed by atoms with Crippen molar-refractivity contribution in [3.63, 3.8) is 0 Å². The molecule has 1 fully saturated rings. The lowest BCUT2D eigenvalue weighted by Gasteiger charge is -2.24. The van der Waals surface area contributed by atoms with Gasteiger partial charge in [0.1, 0.15) is 17.5 Å². The Kier molecular flexibility index (Phi) is 6.63. The van der Waals surface area contributed by atoms with Crippen molar-refractivity contribution in [3.05, 3.63) is 54.7 Å². The molecule has 0 saturated carbocycles. The number of nitrogens with two attached hydrogens (primary N) is 1. The third kappa shape index (κ3) is 4.65. The number of anilines is 3. The van der Waals surface area contributed by atoms with Gasteiger partial charge >= 0.3 is 0 Å². The lowest BCUT2D eigenvalue weighted by atomic mass is 10.1. The normalized spacial score (nSPS) is 15.0. The lowest BCUT2D eigenvalue weighted by molar-refractivity contribution is 0.324. The van der Waals surface area contributed by atoms with Crippen LogP contribution in [0, 0.1) is 5.41 Å². The zero-order valence-electron chi connectivity index (χ0n) is 21.0. The first-order valence-corrected chi connectivity index (χ1v) is 11.9. The molecule has 4 aromatic rings. The molecule has 5 rings (SSSR count). The summed E-state index contributed by atoms with van der Waals surface area (Å²) in [6.45, 7) is 0.754. The van der Waals surface area contributed by atoms with Gasteiger partial charge in [0.25, 0.3) is 0 Å². The Morgan fingerprint density at radius 1 is 1.00 bits per heavy atom. The van der Waals surface area contributed by atoms with Gasteiger partial charge in [0.2, 0.25) is 11.7 Å². The Hall–Kier alpha value is -4.60. The average molecular weight is 500 g/mol. The van der Waals surface area contributed by atoms with Gasteiger partial charge in [-0.2, -0.15) is 4.98 Å². The summed E-state index contributed by atoms with van der Waals surface area (Å²) in [4.78, 5) is 16.2. The zero-order valence-corrected chi connectivity index (χ0v) is 21.0.